The molecule has 0 saturated carbocycles. The summed E-state index contributed by atoms with van der Waals surface area (Å²) in [5.74, 6) is 0.380. The summed E-state index contributed by atoms with van der Waals surface area (Å²) in [4.78, 5) is 16.7. The summed E-state index contributed by atoms with van der Waals surface area (Å²) in [5.41, 5.74) is -0.0922. The average Bonchev–Trinajstić information content (AvgIpc) is 3.12. The Bertz CT molecular complexity index is 531. The van der Waals surface area contributed by atoms with E-state index in [2.05, 4.69) is 4.90 Å². The molecule has 0 aliphatic carbocycles. The van der Waals surface area contributed by atoms with E-state index < -0.39 is 0 Å². The lowest BCUT2D eigenvalue weighted by Gasteiger charge is -2.50. The quantitative estimate of drug-likeness (QED) is 0.742. The third-order valence-corrected chi connectivity index (χ3v) is 5.08. The third kappa shape index (κ3) is 3.82. The van der Waals surface area contributed by atoms with Crippen molar-refractivity contribution in [2.24, 2.45) is 5.41 Å². The van der Waals surface area contributed by atoms with Crippen LogP contribution in [0.3, 0.4) is 0 Å². The largest absolute Gasteiger partial charge is 0.459 e. The Hall–Kier alpha value is -1.37. The van der Waals surface area contributed by atoms with Crippen LogP contribution in [0.4, 0.5) is 0 Å². The van der Waals surface area contributed by atoms with Gasteiger partial charge in [-0.2, -0.15) is 0 Å². The van der Waals surface area contributed by atoms with Crippen LogP contribution in [0.5, 0.6) is 0 Å². The molecule has 0 N–H and O–H groups in total. The second kappa shape index (κ2) is 7.68. The van der Waals surface area contributed by atoms with Crippen LogP contribution in [0.2, 0.25) is 0 Å². The lowest BCUT2D eigenvalue weighted by molar-refractivity contribution is -0.147. The molecule has 2 aliphatic heterocycles. The van der Waals surface area contributed by atoms with Crippen LogP contribution in [-0.4, -0.2) is 75.4 Å². The topological polar surface area (TPSA) is 55.2 Å². The Balaban J connectivity index is 1.66. The fraction of sp³-hybridized carbons (Fsp3) is 0.722. The first-order valence-corrected chi connectivity index (χ1v) is 8.78. The number of likely N-dealkylation sites (N-methyl/N-ethyl adjacent to an activating group) is 1. The van der Waals surface area contributed by atoms with Gasteiger partial charge in [-0.1, -0.05) is 0 Å². The van der Waals surface area contributed by atoms with Crippen molar-refractivity contribution in [3.05, 3.63) is 24.2 Å². The molecule has 2 saturated heterocycles. The highest BCUT2D eigenvalue weighted by Crippen LogP contribution is 2.40. The second-order valence-electron chi connectivity index (χ2n) is 7.17. The number of carbonyl (C=O) groups excluding carboxylic acids is 1. The number of nitrogens with zero attached hydrogens (tertiary/aromatic N) is 2. The van der Waals surface area contributed by atoms with Gasteiger partial charge in [0.15, 0.2) is 5.76 Å². The number of hydrogen-bond donors (Lipinski definition) is 0. The third-order valence-electron chi connectivity index (χ3n) is 5.08. The number of amides is 1. The van der Waals surface area contributed by atoms with Gasteiger partial charge in [0.25, 0.3) is 5.91 Å². The fourth-order valence-corrected chi connectivity index (χ4v) is 3.75. The zero-order valence-electron chi connectivity index (χ0n) is 14.7. The minimum absolute atomic E-state index is 0.0308. The Labute approximate surface area is 143 Å². The van der Waals surface area contributed by atoms with E-state index >= 15 is 0 Å². The van der Waals surface area contributed by atoms with Crippen LogP contribution < -0.4 is 0 Å². The number of hydrogen-bond acceptors (Lipinski definition) is 5. The van der Waals surface area contributed by atoms with Crippen molar-refractivity contribution in [3.63, 3.8) is 0 Å². The smallest absolute Gasteiger partial charge is 0.289 e. The molecule has 0 bridgehead atoms. The number of rotatable bonds is 6. The lowest BCUT2D eigenvalue weighted by atomic mass is 9.73. The molecule has 6 nitrogen and oxygen atoms in total. The number of likely N-dealkylation sites (tertiary alicyclic amines) is 1. The highest BCUT2D eigenvalue weighted by molar-refractivity contribution is 5.91. The molecule has 2 fully saturated rings. The van der Waals surface area contributed by atoms with Gasteiger partial charge in [0, 0.05) is 31.7 Å². The summed E-state index contributed by atoms with van der Waals surface area (Å²) in [6, 6.07) is 3.48. The van der Waals surface area contributed by atoms with Gasteiger partial charge in [0.2, 0.25) is 0 Å². The minimum atomic E-state index is -0.0922. The lowest BCUT2D eigenvalue weighted by Crippen LogP contribution is -2.58. The van der Waals surface area contributed by atoms with E-state index in [0.717, 1.165) is 32.4 Å². The molecule has 0 aromatic carbocycles. The van der Waals surface area contributed by atoms with Gasteiger partial charge >= 0.3 is 0 Å². The summed E-state index contributed by atoms with van der Waals surface area (Å²) >= 11 is 0. The van der Waals surface area contributed by atoms with Crippen molar-refractivity contribution in [2.45, 2.75) is 25.4 Å². The molecule has 2 aliphatic rings. The first-order chi connectivity index (χ1) is 11.6. The number of furan rings is 1. The summed E-state index contributed by atoms with van der Waals surface area (Å²) in [5, 5.41) is 0. The van der Waals surface area contributed by atoms with E-state index in [-0.39, 0.29) is 17.4 Å². The molecular weight excluding hydrogens is 308 g/mol. The van der Waals surface area contributed by atoms with Crippen LogP contribution in [0.1, 0.15) is 29.8 Å². The fourth-order valence-electron chi connectivity index (χ4n) is 3.75. The van der Waals surface area contributed by atoms with Gasteiger partial charge in [-0.25, -0.2) is 0 Å². The predicted octanol–water partition coefficient (Wildman–Crippen LogP) is 1.87. The number of fused-ring (bicyclic) bond motifs is 1. The van der Waals surface area contributed by atoms with E-state index in [0.29, 0.717) is 32.1 Å². The molecule has 3 heterocycles. The van der Waals surface area contributed by atoms with E-state index in [1.54, 1.807) is 18.4 Å². The van der Waals surface area contributed by atoms with Gasteiger partial charge in [-0.05, 0) is 45.5 Å². The molecule has 3 rings (SSSR count). The number of piperidine rings is 1. The number of carbonyl (C=O) groups is 1. The molecule has 1 aromatic heterocycles. The van der Waals surface area contributed by atoms with Crippen molar-refractivity contribution >= 4 is 5.91 Å². The summed E-state index contributed by atoms with van der Waals surface area (Å²) in [7, 11) is 4.08. The molecule has 0 unspecified atom stereocenters. The van der Waals surface area contributed by atoms with Gasteiger partial charge < -0.3 is 23.7 Å². The van der Waals surface area contributed by atoms with Crippen molar-refractivity contribution < 1.29 is 18.7 Å². The molecule has 1 aromatic rings. The SMILES string of the molecule is CN(C)CCOC[C@]12CCCO[C@H]1CCN(C(=O)c1ccco1)C2. The first-order valence-electron chi connectivity index (χ1n) is 8.78. The van der Waals surface area contributed by atoms with Gasteiger partial charge in [-0.3, -0.25) is 4.79 Å². The van der Waals surface area contributed by atoms with E-state index in [9.17, 15) is 4.79 Å². The Kier molecular flexibility index (Phi) is 5.58. The molecule has 134 valence electrons. The van der Waals surface area contributed by atoms with E-state index in [4.69, 9.17) is 13.9 Å². The summed E-state index contributed by atoms with van der Waals surface area (Å²) in [6.45, 7) is 4.46. The maximum Gasteiger partial charge on any atom is 0.289 e. The standard InChI is InChI=1S/C18H28N2O4/c1-19(2)9-12-22-14-18-7-4-11-24-16(18)6-8-20(13-18)17(21)15-5-3-10-23-15/h3,5,10,16H,4,6-9,11-14H2,1-2H3/t16-,18+/m0/s1. The number of ether oxygens (including phenoxy) is 2. The zero-order valence-corrected chi connectivity index (χ0v) is 14.7. The maximum atomic E-state index is 12.6. The minimum Gasteiger partial charge on any atom is -0.459 e. The normalized spacial score (nSPS) is 27.3. The Morgan fingerprint density at radius 1 is 1.50 bits per heavy atom. The van der Waals surface area contributed by atoms with Crippen molar-refractivity contribution in [1.29, 1.82) is 0 Å². The second-order valence-corrected chi connectivity index (χ2v) is 7.17. The van der Waals surface area contributed by atoms with E-state index in [1.807, 2.05) is 19.0 Å². The maximum absolute atomic E-state index is 12.6. The predicted molar refractivity (Wildman–Crippen MR) is 90.0 cm³/mol. The highest BCUT2D eigenvalue weighted by Gasteiger charge is 2.47. The van der Waals surface area contributed by atoms with E-state index in [1.165, 1.54) is 0 Å². The van der Waals surface area contributed by atoms with Crippen LogP contribution in [0, 0.1) is 5.41 Å². The van der Waals surface area contributed by atoms with Crippen LogP contribution in [0.25, 0.3) is 0 Å². The molecule has 1 amide bonds. The molecule has 2 atom stereocenters. The highest BCUT2D eigenvalue weighted by atomic mass is 16.5. The molecular formula is C18H28N2O4. The van der Waals surface area contributed by atoms with Gasteiger partial charge in [0.05, 0.1) is 25.6 Å². The Morgan fingerprint density at radius 2 is 2.38 bits per heavy atom. The summed E-state index contributed by atoms with van der Waals surface area (Å²) < 4.78 is 17.3. The first kappa shape index (κ1) is 17.5. The van der Waals surface area contributed by atoms with Crippen LogP contribution in [0.15, 0.2) is 22.8 Å². The summed E-state index contributed by atoms with van der Waals surface area (Å²) in [6.07, 6.45) is 4.66. The molecule has 0 radical (unpaired) electrons. The van der Waals surface area contributed by atoms with Gasteiger partial charge in [0.1, 0.15) is 0 Å². The van der Waals surface area contributed by atoms with Crippen LogP contribution >= 0.6 is 0 Å². The monoisotopic (exact) mass is 336 g/mol. The average molecular weight is 336 g/mol. The zero-order chi connectivity index (χ0) is 17.0. The molecule has 0 spiro atoms. The van der Waals surface area contributed by atoms with Crippen LogP contribution in [-0.2, 0) is 9.47 Å². The molecule has 24 heavy (non-hydrogen) atoms. The van der Waals surface area contributed by atoms with Crippen molar-refractivity contribution in [1.82, 2.24) is 9.80 Å². The molecule has 6 heteroatoms. The van der Waals surface area contributed by atoms with Crippen molar-refractivity contribution in [3.8, 4) is 0 Å². The van der Waals surface area contributed by atoms with Gasteiger partial charge in [-0.15, -0.1) is 0 Å². The van der Waals surface area contributed by atoms with Crippen molar-refractivity contribution in [2.75, 3.05) is 53.6 Å². The Morgan fingerprint density at radius 3 is 3.12 bits per heavy atom.